The molecule has 6 heteroatoms. The van der Waals surface area contributed by atoms with Crippen molar-refractivity contribution in [1.29, 1.82) is 0 Å². The van der Waals surface area contributed by atoms with Gasteiger partial charge in [-0.15, -0.1) is 0 Å². The smallest absolute Gasteiger partial charge is 0.363 e. The lowest BCUT2D eigenvalue weighted by Gasteiger charge is -1.99. The number of carbonyl (C=O) groups is 2. The van der Waals surface area contributed by atoms with Crippen molar-refractivity contribution in [2.24, 2.45) is 4.99 Å². The molecule has 1 aliphatic rings. The van der Waals surface area contributed by atoms with Crippen LogP contribution in [0.3, 0.4) is 0 Å². The highest BCUT2D eigenvalue weighted by molar-refractivity contribution is 6.12. The fourth-order valence-electron chi connectivity index (χ4n) is 2.25. The summed E-state index contributed by atoms with van der Waals surface area (Å²) in [4.78, 5) is 27.8. The Morgan fingerprint density at radius 2 is 1.92 bits per heavy atom. The van der Waals surface area contributed by atoms with Crippen LogP contribution in [0.5, 0.6) is 0 Å². The quantitative estimate of drug-likeness (QED) is 0.640. The first-order chi connectivity index (χ1) is 11.5. The summed E-state index contributed by atoms with van der Waals surface area (Å²) >= 11 is 0. The minimum absolute atomic E-state index is 0.107. The lowest BCUT2D eigenvalue weighted by Crippen LogP contribution is -2.05. The summed E-state index contributed by atoms with van der Waals surface area (Å²) in [6.07, 6.45) is 1.43. The summed E-state index contributed by atoms with van der Waals surface area (Å²) in [6, 6.07) is 8.98. The molecule has 3 rings (SSSR count). The van der Waals surface area contributed by atoms with Crippen molar-refractivity contribution in [2.45, 2.75) is 13.8 Å². The number of nitrogens with zero attached hydrogens (tertiary/aromatic N) is 1. The van der Waals surface area contributed by atoms with E-state index in [1.807, 2.05) is 31.2 Å². The van der Waals surface area contributed by atoms with Crippen molar-refractivity contribution in [1.82, 2.24) is 0 Å². The van der Waals surface area contributed by atoms with Gasteiger partial charge in [0.25, 0.3) is 0 Å². The molecule has 2 heterocycles. The lowest BCUT2D eigenvalue weighted by molar-refractivity contribution is -0.129. The SMILES string of the molecule is COC(=O)c1cc(/C=C2\N=C(c3ccc(C)cc3)OC2=O)oc1C. The van der Waals surface area contributed by atoms with Crippen LogP contribution in [0.4, 0.5) is 0 Å². The van der Waals surface area contributed by atoms with Crippen molar-refractivity contribution >= 4 is 23.9 Å². The molecule has 0 saturated heterocycles. The number of carbonyl (C=O) groups excluding carboxylic acids is 2. The maximum Gasteiger partial charge on any atom is 0.363 e. The average molecular weight is 325 g/mol. The first-order valence-corrected chi connectivity index (χ1v) is 7.26. The van der Waals surface area contributed by atoms with Crippen LogP contribution in [0.2, 0.25) is 0 Å². The summed E-state index contributed by atoms with van der Waals surface area (Å²) in [6.45, 7) is 3.61. The molecule has 1 aliphatic heterocycles. The molecule has 0 saturated carbocycles. The fraction of sp³-hybridized carbons (Fsp3) is 0.167. The van der Waals surface area contributed by atoms with Crippen molar-refractivity contribution < 1.29 is 23.5 Å². The highest BCUT2D eigenvalue weighted by Crippen LogP contribution is 2.22. The standard InChI is InChI=1S/C18H15NO5/c1-10-4-6-12(7-5-10)16-19-15(18(21)24-16)9-13-8-14(11(2)23-13)17(20)22-3/h4-9H,1-3H3/b15-9-. The monoisotopic (exact) mass is 325 g/mol. The molecular weight excluding hydrogens is 310 g/mol. The largest absolute Gasteiger partial charge is 0.465 e. The molecule has 0 N–H and O–H groups in total. The zero-order valence-corrected chi connectivity index (χ0v) is 13.5. The Hall–Kier alpha value is -3.15. The van der Waals surface area contributed by atoms with Gasteiger partial charge in [-0.1, -0.05) is 17.7 Å². The number of hydrogen-bond acceptors (Lipinski definition) is 6. The minimum Gasteiger partial charge on any atom is -0.465 e. The highest BCUT2D eigenvalue weighted by Gasteiger charge is 2.25. The number of esters is 2. The number of benzene rings is 1. The molecule has 0 amide bonds. The van der Waals surface area contributed by atoms with E-state index in [0.717, 1.165) is 5.56 Å². The van der Waals surface area contributed by atoms with Crippen molar-refractivity contribution in [2.75, 3.05) is 7.11 Å². The van der Waals surface area contributed by atoms with Crippen LogP contribution in [0, 0.1) is 13.8 Å². The van der Waals surface area contributed by atoms with Crippen LogP contribution in [0.15, 0.2) is 45.4 Å². The van der Waals surface area contributed by atoms with E-state index in [-0.39, 0.29) is 11.6 Å². The van der Waals surface area contributed by atoms with E-state index in [2.05, 4.69) is 9.73 Å². The van der Waals surface area contributed by atoms with Crippen molar-refractivity contribution in [3.05, 3.63) is 64.2 Å². The molecule has 0 fully saturated rings. The Kier molecular flexibility index (Phi) is 4.04. The van der Waals surface area contributed by atoms with Crippen molar-refractivity contribution in [3.63, 3.8) is 0 Å². The number of aryl methyl sites for hydroxylation is 2. The van der Waals surface area contributed by atoms with E-state index in [4.69, 9.17) is 9.15 Å². The number of cyclic esters (lactones) is 1. The molecule has 0 bridgehead atoms. The second kappa shape index (κ2) is 6.16. The number of furan rings is 1. The van der Waals surface area contributed by atoms with Gasteiger partial charge in [-0.25, -0.2) is 14.6 Å². The van der Waals surface area contributed by atoms with Gasteiger partial charge in [-0.2, -0.15) is 0 Å². The Labute approximate surface area is 138 Å². The molecule has 1 aromatic heterocycles. The molecule has 122 valence electrons. The summed E-state index contributed by atoms with van der Waals surface area (Å²) in [5, 5.41) is 0. The number of aliphatic imine (C=N–C) groups is 1. The van der Waals surface area contributed by atoms with E-state index < -0.39 is 11.9 Å². The molecular formula is C18H15NO5. The zero-order valence-electron chi connectivity index (χ0n) is 13.5. The Bertz CT molecular complexity index is 871. The Balaban J connectivity index is 1.91. The summed E-state index contributed by atoms with van der Waals surface area (Å²) in [5.74, 6) is -0.0998. The van der Waals surface area contributed by atoms with Crippen LogP contribution in [-0.2, 0) is 14.3 Å². The van der Waals surface area contributed by atoms with Gasteiger partial charge in [0.2, 0.25) is 5.90 Å². The molecule has 0 radical (unpaired) electrons. The minimum atomic E-state index is -0.570. The lowest BCUT2D eigenvalue weighted by atomic mass is 10.1. The normalized spacial score (nSPS) is 15.4. The van der Waals surface area contributed by atoms with Gasteiger partial charge in [0.1, 0.15) is 17.1 Å². The average Bonchev–Trinajstić information content (AvgIpc) is 3.11. The summed E-state index contributed by atoms with van der Waals surface area (Å²) in [5.41, 5.74) is 2.22. The van der Waals surface area contributed by atoms with Gasteiger partial charge >= 0.3 is 11.9 Å². The molecule has 0 atom stereocenters. The number of ether oxygens (including phenoxy) is 2. The predicted octanol–water partition coefficient (Wildman–Crippen LogP) is 3.03. The van der Waals surface area contributed by atoms with Gasteiger partial charge < -0.3 is 13.9 Å². The Morgan fingerprint density at radius 1 is 1.21 bits per heavy atom. The molecule has 0 spiro atoms. The number of hydrogen-bond donors (Lipinski definition) is 0. The number of methoxy groups -OCH3 is 1. The fourth-order valence-corrected chi connectivity index (χ4v) is 2.25. The molecule has 1 aromatic carbocycles. The topological polar surface area (TPSA) is 78.1 Å². The first kappa shape index (κ1) is 15.7. The third-order valence-electron chi connectivity index (χ3n) is 3.54. The molecule has 24 heavy (non-hydrogen) atoms. The van der Waals surface area contributed by atoms with Crippen LogP contribution in [0.1, 0.15) is 33.0 Å². The van der Waals surface area contributed by atoms with Crippen LogP contribution >= 0.6 is 0 Å². The molecule has 2 aromatic rings. The second-order valence-corrected chi connectivity index (χ2v) is 5.31. The Morgan fingerprint density at radius 3 is 2.58 bits per heavy atom. The van der Waals surface area contributed by atoms with Gasteiger partial charge in [0, 0.05) is 11.6 Å². The third-order valence-corrected chi connectivity index (χ3v) is 3.54. The highest BCUT2D eigenvalue weighted by atomic mass is 16.6. The maximum atomic E-state index is 12.0. The number of rotatable bonds is 3. The molecule has 0 unspecified atom stereocenters. The second-order valence-electron chi connectivity index (χ2n) is 5.31. The summed E-state index contributed by atoms with van der Waals surface area (Å²) in [7, 11) is 1.29. The van der Waals surface area contributed by atoms with Crippen molar-refractivity contribution in [3.8, 4) is 0 Å². The first-order valence-electron chi connectivity index (χ1n) is 7.26. The van der Waals surface area contributed by atoms with E-state index in [0.29, 0.717) is 22.6 Å². The van der Waals surface area contributed by atoms with E-state index in [1.165, 1.54) is 19.3 Å². The van der Waals surface area contributed by atoms with E-state index >= 15 is 0 Å². The van der Waals surface area contributed by atoms with Gasteiger partial charge in [-0.3, -0.25) is 0 Å². The van der Waals surface area contributed by atoms with Crippen LogP contribution < -0.4 is 0 Å². The predicted molar refractivity (Wildman–Crippen MR) is 86.6 cm³/mol. The van der Waals surface area contributed by atoms with Gasteiger partial charge in [-0.05, 0) is 32.0 Å². The van der Waals surface area contributed by atoms with E-state index in [1.54, 1.807) is 6.92 Å². The van der Waals surface area contributed by atoms with Crippen LogP contribution in [0.25, 0.3) is 6.08 Å². The summed E-state index contributed by atoms with van der Waals surface area (Å²) < 4.78 is 15.3. The van der Waals surface area contributed by atoms with Gasteiger partial charge in [0.15, 0.2) is 5.70 Å². The van der Waals surface area contributed by atoms with Gasteiger partial charge in [0.05, 0.1) is 7.11 Å². The zero-order chi connectivity index (χ0) is 17.3. The maximum absolute atomic E-state index is 12.0. The van der Waals surface area contributed by atoms with Crippen LogP contribution in [-0.4, -0.2) is 24.9 Å². The molecule has 6 nitrogen and oxygen atoms in total. The van der Waals surface area contributed by atoms with E-state index in [9.17, 15) is 9.59 Å². The molecule has 0 aliphatic carbocycles. The third kappa shape index (κ3) is 2.99.